The van der Waals surface area contributed by atoms with Gasteiger partial charge >= 0.3 is 6.03 Å². The molecule has 0 bridgehead atoms. The minimum atomic E-state index is -3.02. The summed E-state index contributed by atoms with van der Waals surface area (Å²) in [6.45, 7) is 0.734. The minimum Gasteiger partial charge on any atom is -0.331 e. The van der Waals surface area contributed by atoms with Crippen LogP contribution < -0.4 is 5.32 Å². The smallest absolute Gasteiger partial charge is 0.318 e. The summed E-state index contributed by atoms with van der Waals surface area (Å²) < 4.78 is 23.9. The van der Waals surface area contributed by atoms with Gasteiger partial charge in [0.15, 0.2) is 9.84 Å². The fraction of sp³-hybridized carbons (Fsp3) is 0.750. The lowest BCUT2D eigenvalue weighted by Crippen LogP contribution is -2.57. The van der Waals surface area contributed by atoms with Crippen LogP contribution in [-0.2, 0) is 16.4 Å². The van der Waals surface area contributed by atoms with Crippen molar-refractivity contribution in [1.82, 2.24) is 15.2 Å². The maximum absolute atomic E-state index is 12.6. The van der Waals surface area contributed by atoms with E-state index in [0.29, 0.717) is 24.9 Å². The van der Waals surface area contributed by atoms with Crippen LogP contribution in [0.25, 0.3) is 0 Å². The first-order chi connectivity index (χ1) is 11.5. The second-order valence-electron chi connectivity index (χ2n) is 7.17. The fourth-order valence-electron chi connectivity index (χ4n) is 3.53. The number of hydrogen-bond donors (Lipinski definition) is 1. The molecule has 6 nitrogen and oxygen atoms in total. The van der Waals surface area contributed by atoms with E-state index in [1.54, 1.807) is 16.2 Å². The van der Waals surface area contributed by atoms with Gasteiger partial charge in [0.2, 0.25) is 0 Å². The first-order valence-electron chi connectivity index (χ1n) is 8.71. The van der Waals surface area contributed by atoms with Crippen molar-refractivity contribution in [2.75, 3.05) is 18.1 Å². The highest BCUT2D eigenvalue weighted by Gasteiger charge is 2.40. The van der Waals surface area contributed by atoms with E-state index in [-0.39, 0.29) is 23.6 Å². The number of urea groups is 1. The normalized spacial score (nSPS) is 26.8. The van der Waals surface area contributed by atoms with Crippen molar-refractivity contribution in [2.24, 2.45) is 5.92 Å². The summed E-state index contributed by atoms with van der Waals surface area (Å²) in [5.74, 6) is 1.16. The predicted octanol–water partition coefficient (Wildman–Crippen LogP) is 2.13. The van der Waals surface area contributed by atoms with Gasteiger partial charge in [0.1, 0.15) is 5.01 Å². The lowest BCUT2D eigenvalue weighted by molar-refractivity contribution is 0.123. The lowest BCUT2D eigenvalue weighted by atomic mass is 9.79. The van der Waals surface area contributed by atoms with Crippen LogP contribution in [0.2, 0.25) is 0 Å². The molecular weight excluding hydrogens is 346 g/mol. The molecule has 1 atom stereocenters. The van der Waals surface area contributed by atoms with Gasteiger partial charge in [-0.1, -0.05) is 6.42 Å². The number of carbonyl (C=O) groups excluding carboxylic acids is 1. The first kappa shape index (κ1) is 16.3. The third kappa shape index (κ3) is 3.44. The molecule has 1 saturated heterocycles. The second kappa shape index (κ2) is 6.29. The van der Waals surface area contributed by atoms with E-state index >= 15 is 0 Å². The summed E-state index contributed by atoms with van der Waals surface area (Å²) in [7, 11) is -3.02. The molecule has 1 aromatic rings. The second-order valence-corrected chi connectivity index (χ2v) is 10.3. The first-order valence-corrected chi connectivity index (χ1v) is 11.4. The summed E-state index contributed by atoms with van der Waals surface area (Å²) in [6.07, 6.45) is 5.64. The van der Waals surface area contributed by atoms with E-state index in [9.17, 15) is 13.2 Å². The number of sulfone groups is 1. The Labute approximate surface area is 146 Å². The number of thiazole rings is 1. The van der Waals surface area contributed by atoms with Gasteiger partial charge < -0.3 is 10.2 Å². The van der Waals surface area contributed by atoms with Gasteiger partial charge in [-0.25, -0.2) is 18.2 Å². The summed E-state index contributed by atoms with van der Waals surface area (Å²) in [5, 5.41) is 5.95. The van der Waals surface area contributed by atoms with E-state index in [2.05, 4.69) is 15.7 Å². The molecule has 2 heterocycles. The molecule has 0 radical (unpaired) electrons. The molecule has 1 N–H and O–H groups in total. The molecule has 2 saturated carbocycles. The monoisotopic (exact) mass is 369 g/mol. The van der Waals surface area contributed by atoms with Crippen LogP contribution in [-0.4, -0.2) is 48.4 Å². The average Bonchev–Trinajstić information content (AvgIpc) is 3.21. The highest BCUT2D eigenvalue weighted by molar-refractivity contribution is 7.91. The molecule has 1 unspecified atom stereocenters. The Morgan fingerprint density at radius 2 is 2.12 bits per heavy atom. The highest BCUT2D eigenvalue weighted by Crippen LogP contribution is 2.40. The molecule has 132 valence electrons. The van der Waals surface area contributed by atoms with E-state index in [1.165, 1.54) is 12.8 Å². The number of amides is 2. The molecule has 1 aromatic heterocycles. The van der Waals surface area contributed by atoms with E-state index in [4.69, 9.17) is 0 Å². The summed E-state index contributed by atoms with van der Waals surface area (Å²) in [5.41, 5.74) is 1.15. The number of rotatable bonds is 4. The van der Waals surface area contributed by atoms with Gasteiger partial charge in [-0.3, -0.25) is 0 Å². The van der Waals surface area contributed by atoms with Crippen molar-refractivity contribution in [2.45, 2.75) is 50.6 Å². The Bertz CT molecular complexity index is 723. The lowest BCUT2D eigenvalue weighted by Gasteiger charge is -2.43. The van der Waals surface area contributed by atoms with Crippen LogP contribution in [0.15, 0.2) is 5.38 Å². The molecular formula is C16H23N3O3S2. The Kier molecular flexibility index (Phi) is 4.28. The number of nitrogens with zero attached hydrogens (tertiary/aromatic N) is 2. The van der Waals surface area contributed by atoms with Gasteiger partial charge in [-0.05, 0) is 31.6 Å². The van der Waals surface area contributed by atoms with Crippen molar-refractivity contribution in [1.29, 1.82) is 0 Å². The Morgan fingerprint density at radius 3 is 2.79 bits per heavy atom. The van der Waals surface area contributed by atoms with Crippen molar-refractivity contribution < 1.29 is 13.2 Å². The fourth-order valence-corrected chi connectivity index (χ4v) is 5.96. The van der Waals surface area contributed by atoms with Crippen LogP contribution in [0.3, 0.4) is 0 Å². The predicted molar refractivity (Wildman–Crippen MR) is 92.8 cm³/mol. The van der Waals surface area contributed by atoms with Crippen LogP contribution in [0.4, 0.5) is 4.79 Å². The maximum atomic E-state index is 12.6. The molecule has 3 fully saturated rings. The van der Waals surface area contributed by atoms with E-state index in [1.807, 2.05) is 0 Å². The Morgan fingerprint density at radius 1 is 1.33 bits per heavy atom. The van der Waals surface area contributed by atoms with Gasteiger partial charge in [0.25, 0.3) is 0 Å². The standard InChI is InChI=1S/C16H23N3O3S2/c20-16(17-8-15-18-13(9-23-15)11-4-5-11)19-6-7-24(21,22)10-14(19)12-2-1-3-12/h9,11-12,14H,1-8,10H2,(H,17,20). The largest absolute Gasteiger partial charge is 0.331 e. The zero-order chi connectivity index (χ0) is 16.7. The number of aromatic nitrogens is 1. The Balaban J connectivity index is 1.38. The topological polar surface area (TPSA) is 79.4 Å². The van der Waals surface area contributed by atoms with Crippen molar-refractivity contribution in [3.8, 4) is 0 Å². The van der Waals surface area contributed by atoms with Gasteiger partial charge in [0.05, 0.1) is 29.8 Å². The van der Waals surface area contributed by atoms with Crippen LogP contribution >= 0.6 is 11.3 Å². The molecule has 2 amide bonds. The van der Waals surface area contributed by atoms with Crippen molar-refractivity contribution in [3.05, 3.63) is 16.1 Å². The molecule has 4 rings (SSSR count). The van der Waals surface area contributed by atoms with Crippen LogP contribution in [0, 0.1) is 5.92 Å². The van der Waals surface area contributed by atoms with Gasteiger partial charge in [-0.15, -0.1) is 11.3 Å². The van der Waals surface area contributed by atoms with Crippen LogP contribution in [0.1, 0.15) is 48.7 Å². The average molecular weight is 370 g/mol. The van der Waals surface area contributed by atoms with Gasteiger partial charge in [0, 0.05) is 17.8 Å². The number of nitrogens with one attached hydrogen (secondary N) is 1. The summed E-state index contributed by atoms with van der Waals surface area (Å²) in [4.78, 5) is 18.9. The van der Waals surface area contributed by atoms with Crippen molar-refractivity contribution in [3.63, 3.8) is 0 Å². The third-order valence-corrected chi connectivity index (χ3v) is 7.90. The Hall–Kier alpha value is -1.15. The number of hydrogen-bond acceptors (Lipinski definition) is 5. The molecule has 24 heavy (non-hydrogen) atoms. The molecule has 0 aromatic carbocycles. The molecule has 0 spiro atoms. The quantitative estimate of drug-likeness (QED) is 0.882. The third-order valence-electron chi connectivity index (χ3n) is 5.38. The molecule has 8 heteroatoms. The molecule has 1 aliphatic heterocycles. The van der Waals surface area contributed by atoms with E-state index in [0.717, 1.165) is 30.0 Å². The summed E-state index contributed by atoms with van der Waals surface area (Å²) in [6, 6.07) is -0.305. The highest BCUT2D eigenvalue weighted by atomic mass is 32.2. The van der Waals surface area contributed by atoms with Crippen molar-refractivity contribution >= 4 is 27.2 Å². The SMILES string of the molecule is O=C(NCc1nc(C2CC2)cs1)N1CCS(=O)(=O)CC1C1CCC1. The molecule has 2 aliphatic carbocycles. The van der Waals surface area contributed by atoms with E-state index < -0.39 is 9.84 Å². The molecule has 3 aliphatic rings. The summed E-state index contributed by atoms with van der Waals surface area (Å²) >= 11 is 1.59. The van der Waals surface area contributed by atoms with Gasteiger partial charge in [-0.2, -0.15) is 0 Å². The minimum absolute atomic E-state index is 0.0761. The zero-order valence-electron chi connectivity index (χ0n) is 13.6. The maximum Gasteiger partial charge on any atom is 0.318 e. The van der Waals surface area contributed by atoms with Crippen LogP contribution in [0.5, 0.6) is 0 Å². The number of carbonyl (C=O) groups is 1. The zero-order valence-corrected chi connectivity index (χ0v) is 15.2.